The van der Waals surface area contributed by atoms with Gasteiger partial charge in [0.2, 0.25) is 11.8 Å². The van der Waals surface area contributed by atoms with Crippen LogP contribution in [0.3, 0.4) is 0 Å². The first kappa shape index (κ1) is 19.1. The van der Waals surface area contributed by atoms with Crippen molar-refractivity contribution in [2.45, 2.75) is 58.4 Å². The van der Waals surface area contributed by atoms with Crippen molar-refractivity contribution in [1.29, 1.82) is 0 Å². The van der Waals surface area contributed by atoms with E-state index in [0.29, 0.717) is 30.7 Å². The van der Waals surface area contributed by atoms with Crippen molar-refractivity contribution < 1.29 is 13.9 Å². The number of carbonyl (C=O) groups excluding carboxylic acids is 1. The molecule has 0 spiro atoms. The van der Waals surface area contributed by atoms with Gasteiger partial charge in [-0.2, -0.15) is 0 Å². The van der Waals surface area contributed by atoms with Crippen LogP contribution >= 0.6 is 0 Å². The van der Waals surface area contributed by atoms with Gasteiger partial charge in [-0.05, 0) is 44.2 Å². The Morgan fingerprint density at radius 3 is 2.87 bits per heavy atom. The van der Waals surface area contributed by atoms with Crippen LogP contribution in [-0.2, 0) is 11.3 Å². The van der Waals surface area contributed by atoms with E-state index in [9.17, 15) is 4.79 Å². The molecule has 0 atom stereocenters. The van der Waals surface area contributed by atoms with E-state index in [1.54, 1.807) is 4.90 Å². The highest BCUT2D eigenvalue weighted by atomic mass is 16.5. The monoisotopic (exact) mass is 409 g/mol. The van der Waals surface area contributed by atoms with Gasteiger partial charge >= 0.3 is 0 Å². The maximum absolute atomic E-state index is 11.9. The average Bonchev–Trinajstić information content (AvgIpc) is 3.46. The first-order valence-electron chi connectivity index (χ1n) is 10.9. The third-order valence-electron chi connectivity index (χ3n) is 6.15. The molecule has 3 aromatic heterocycles. The number of likely N-dealkylation sites (tertiary alicyclic amines) is 1. The predicted octanol–water partition coefficient (Wildman–Crippen LogP) is 3.77. The van der Waals surface area contributed by atoms with Crippen molar-refractivity contribution in [3.8, 4) is 17.3 Å². The SMILES string of the molecule is Cc1nc2c(OCC3CCCCC3)cccn2c1-c1nnc(CN2CCCC2=O)o1. The third kappa shape index (κ3) is 3.66. The lowest BCUT2D eigenvalue weighted by atomic mass is 9.90. The molecule has 1 aliphatic heterocycles. The minimum Gasteiger partial charge on any atom is -0.489 e. The zero-order chi connectivity index (χ0) is 20.5. The number of imidazole rings is 1. The molecule has 0 bridgehead atoms. The summed E-state index contributed by atoms with van der Waals surface area (Å²) in [5, 5.41) is 8.38. The van der Waals surface area contributed by atoms with Gasteiger partial charge in [-0.3, -0.25) is 9.20 Å². The lowest BCUT2D eigenvalue weighted by Crippen LogP contribution is -2.23. The normalized spacial score (nSPS) is 17.9. The second kappa shape index (κ2) is 8.08. The molecule has 1 aliphatic carbocycles. The van der Waals surface area contributed by atoms with E-state index in [1.807, 2.05) is 29.7 Å². The lowest BCUT2D eigenvalue weighted by Gasteiger charge is -2.21. The number of carbonyl (C=O) groups is 1. The van der Waals surface area contributed by atoms with Gasteiger partial charge in [-0.25, -0.2) is 4.98 Å². The summed E-state index contributed by atoms with van der Waals surface area (Å²) >= 11 is 0. The quantitative estimate of drug-likeness (QED) is 0.616. The zero-order valence-corrected chi connectivity index (χ0v) is 17.3. The van der Waals surface area contributed by atoms with Gasteiger partial charge in [-0.1, -0.05) is 19.3 Å². The van der Waals surface area contributed by atoms with Gasteiger partial charge < -0.3 is 14.1 Å². The van der Waals surface area contributed by atoms with Crippen LogP contribution in [0.15, 0.2) is 22.7 Å². The molecule has 3 aromatic rings. The van der Waals surface area contributed by atoms with Crippen LogP contribution in [0.1, 0.15) is 56.5 Å². The molecule has 0 unspecified atom stereocenters. The summed E-state index contributed by atoms with van der Waals surface area (Å²) in [4.78, 5) is 18.3. The van der Waals surface area contributed by atoms with Gasteiger partial charge in [0.25, 0.3) is 5.89 Å². The van der Waals surface area contributed by atoms with Crippen molar-refractivity contribution >= 4 is 11.6 Å². The van der Waals surface area contributed by atoms with Gasteiger partial charge in [0.1, 0.15) is 5.69 Å². The Morgan fingerprint density at radius 1 is 1.20 bits per heavy atom. The summed E-state index contributed by atoms with van der Waals surface area (Å²) in [7, 11) is 0. The number of fused-ring (bicyclic) bond motifs is 1. The molecule has 0 N–H and O–H groups in total. The number of hydrogen-bond donors (Lipinski definition) is 0. The minimum atomic E-state index is 0.139. The third-order valence-corrected chi connectivity index (χ3v) is 6.15. The number of pyridine rings is 1. The second-order valence-electron chi connectivity index (χ2n) is 8.35. The standard InChI is InChI=1S/C22H27N5O3/c1-15-20(22-25-24-18(30-22)13-26-11-6-10-19(26)28)27-12-5-9-17(21(27)23-15)29-14-16-7-3-2-4-8-16/h5,9,12,16H,2-4,6-8,10-11,13-14H2,1H3. The fraction of sp³-hybridized carbons (Fsp3) is 0.545. The minimum absolute atomic E-state index is 0.139. The first-order valence-corrected chi connectivity index (χ1v) is 10.9. The van der Waals surface area contributed by atoms with E-state index in [0.717, 1.165) is 42.4 Å². The van der Waals surface area contributed by atoms with Crippen LogP contribution in [0, 0.1) is 12.8 Å². The molecule has 1 saturated heterocycles. The van der Waals surface area contributed by atoms with Gasteiger partial charge in [0.05, 0.1) is 18.8 Å². The summed E-state index contributed by atoms with van der Waals surface area (Å²) < 4.78 is 14.0. The molecule has 158 valence electrons. The van der Waals surface area contributed by atoms with Crippen molar-refractivity contribution in [3.63, 3.8) is 0 Å². The van der Waals surface area contributed by atoms with Crippen LogP contribution < -0.4 is 4.74 Å². The Hall–Kier alpha value is -2.90. The lowest BCUT2D eigenvalue weighted by molar-refractivity contribution is -0.128. The van der Waals surface area contributed by atoms with Crippen molar-refractivity contribution in [2.24, 2.45) is 5.92 Å². The molecular weight excluding hydrogens is 382 g/mol. The Morgan fingerprint density at radius 2 is 2.07 bits per heavy atom. The van der Waals surface area contributed by atoms with Crippen molar-refractivity contribution in [2.75, 3.05) is 13.2 Å². The molecule has 2 aliphatic rings. The smallest absolute Gasteiger partial charge is 0.266 e. The van der Waals surface area contributed by atoms with Crippen LogP contribution in [0.4, 0.5) is 0 Å². The molecule has 1 amide bonds. The topological polar surface area (TPSA) is 85.8 Å². The van der Waals surface area contributed by atoms with E-state index < -0.39 is 0 Å². The molecule has 2 fully saturated rings. The molecule has 30 heavy (non-hydrogen) atoms. The van der Waals surface area contributed by atoms with Crippen molar-refractivity contribution in [1.82, 2.24) is 24.5 Å². The molecule has 8 nitrogen and oxygen atoms in total. The summed E-state index contributed by atoms with van der Waals surface area (Å²) in [6.45, 7) is 3.76. The fourth-order valence-electron chi connectivity index (χ4n) is 4.54. The number of hydrogen-bond acceptors (Lipinski definition) is 6. The number of rotatable bonds is 6. The van der Waals surface area contributed by atoms with E-state index in [2.05, 4.69) is 10.2 Å². The summed E-state index contributed by atoms with van der Waals surface area (Å²) in [6.07, 6.45) is 9.84. The van der Waals surface area contributed by atoms with E-state index in [4.69, 9.17) is 14.1 Å². The van der Waals surface area contributed by atoms with Crippen LogP contribution in [0.25, 0.3) is 17.2 Å². The molecule has 0 radical (unpaired) electrons. The predicted molar refractivity (Wildman–Crippen MR) is 110 cm³/mol. The largest absolute Gasteiger partial charge is 0.489 e. The highest BCUT2D eigenvalue weighted by Gasteiger charge is 2.24. The van der Waals surface area contributed by atoms with Crippen molar-refractivity contribution in [3.05, 3.63) is 29.9 Å². The number of ether oxygens (including phenoxy) is 1. The van der Waals surface area contributed by atoms with Gasteiger partial charge in [0, 0.05) is 19.2 Å². The molecular formula is C22H27N5O3. The molecule has 1 saturated carbocycles. The summed E-state index contributed by atoms with van der Waals surface area (Å²) in [6, 6.07) is 3.92. The van der Waals surface area contributed by atoms with Crippen LogP contribution in [-0.4, -0.2) is 43.5 Å². The second-order valence-corrected chi connectivity index (χ2v) is 8.35. The van der Waals surface area contributed by atoms with E-state index >= 15 is 0 Å². The maximum Gasteiger partial charge on any atom is 0.266 e. The Balaban J connectivity index is 1.38. The Kier molecular flexibility index (Phi) is 5.14. The fourth-order valence-corrected chi connectivity index (χ4v) is 4.54. The van der Waals surface area contributed by atoms with Crippen LogP contribution in [0.5, 0.6) is 5.75 Å². The van der Waals surface area contributed by atoms with Gasteiger partial charge in [-0.15, -0.1) is 10.2 Å². The van der Waals surface area contributed by atoms with Crippen LogP contribution in [0.2, 0.25) is 0 Å². The first-order chi connectivity index (χ1) is 14.7. The molecule has 5 rings (SSSR count). The highest BCUT2D eigenvalue weighted by molar-refractivity contribution is 5.77. The number of aryl methyl sites for hydroxylation is 1. The molecule has 4 heterocycles. The summed E-state index contributed by atoms with van der Waals surface area (Å²) in [5.41, 5.74) is 2.33. The maximum atomic E-state index is 11.9. The molecule has 0 aromatic carbocycles. The number of aromatic nitrogens is 4. The number of amides is 1. The zero-order valence-electron chi connectivity index (χ0n) is 17.3. The van der Waals surface area contributed by atoms with E-state index in [-0.39, 0.29) is 5.91 Å². The molecule has 8 heteroatoms. The Labute approximate surface area is 175 Å². The number of nitrogens with zero attached hydrogens (tertiary/aromatic N) is 5. The van der Waals surface area contributed by atoms with Gasteiger partial charge in [0.15, 0.2) is 11.4 Å². The highest BCUT2D eigenvalue weighted by Crippen LogP contribution is 2.30. The average molecular weight is 409 g/mol. The summed E-state index contributed by atoms with van der Waals surface area (Å²) in [5.74, 6) is 2.40. The van der Waals surface area contributed by atoms with E-state index in [1.165, 1.54) is 32.1 Å². The Bertz CT molecular complexity index is 1050.